The zero-order valence-corrected chi connectivity index (χ0v) is 17.4. The lowest BCUT2D eigenvalue weighted by Gasteiger charge is -2.31. The van der Waals surface area contributed by atoms with E-state index in [1.54, 1.807) is 39.5 Å². The van der Waals surface area contributed by atoms with E-state index in [4.69, 9.17) is 14.2 Å². The molecule has 2 saturated heterocycles. The van der Waals surface area contributed by atoms with Crippen LogP contribution in [0.25, 0.3) is 0 Å². The Morgan fingerprint density at radius 1 is 1.33 bits per heavy atom. The minimum Gasteiger partial charge on any atom is -0.458 e. The van der Waals surface area contributed by atoms with E-state index in [1.165, 1.54) is 0 Å². The van der Waals surface area contributed by atoms with Crippen molar-refractivity contribution in [3.63, 3.8) is 0 Å². The van der Waals surface area contributed by atoms with E-state index < -0.39 is 41.4 Å². The highest BCUT2D eigenvalue weighted by atomic mass is 16.8. The van der Waals surface area contributed by atoms with Crippen molar-refractivity contribution in [2.45, 2.75) is 97.2 Å². The smallest absolute Gasteiger partial charge is 0.338 e. The van der Waals surface area contributed by atoms with Gasteiger partial charge in [-0.05, 0) is 40.0 Å². The molecule has 27 heavy (non-hydrogen) atoms. The summed E-state index contributed by atoms with van der Waals surface area (Å²) in [5.41, 5.74) is -0.613. The first-order chi connectivity index (χ1) is 12.4. The Morgan fingerprint density at radius 2 is 2.00 bits per heavy atom. The monoisotopic (exact) mass is 383 g/mol. The van der Waals surface area contributed by atoms with Crippen molar-refractivity contribution in [2.24, 2.45) is 5.92 Å². The molecule has 2 aliphatic heterocycles. The molecule has 7 heteroatoms. The highest BCUT2D eigenvalue weighted by Gasteiger charge is 2.50. The number of cyclic esters (lactones) is 1. The summed E-state index contributed by atoms with van der Waals surface area (Å²) in [5.74, 6) is -2.82. The van der Waals surface area contributed by atoms with Crippen LogP contribution < -0.4 is 0 Å². The molecule has 0 aliphatic carbocycles. The highest BCUT2D eigenvalue weighted by molar-refractivity contribution is 5.91. The number of nitrogens with zero attached hydrogens (tertiary/aromatic N) is 1. The zero-order chi connectivity index (χ0) is 20.4. The maximum absolute atomic E-state index is 13.3. The van der Waals surface area contributed by atoms with E-state index in [2.05, 4.69) is 0 Å². The Kier molecular flexibility index (Phi) is 6.55. The van der Waals surface area contributed by atoms with Crippen molar-refractivity contribution in [1.29, 1.82) is 0 Å². The van der Waals surface area contributed by atoms with Gasteiger partial charge in [-0.1, -0.05) is 19.8 Å². The molecule has 1 amide bonds. The van der Waals surface area contributed by atoms with E-state index in [-0.39, 0.29) is 5.91 Å². The molecule has 2 fully saturated rings. The molecule has 0 bridgehead atoms. The average molecular weight is 383 g/mol. The molecule has 0 unspecified atom stereocenters. The first-order valence-electron chi connectivity index (χ1n) is 9.89. The third kappa shape index (κ3) is 5.43. The molecule has 0 aromatic carbocycles. The number of hydrogen-bond donors (Lipinski definition) is 0. The number of hydrogen-bond acceptors (Lipinski definition) is 6. The van der Waals surface area contributed by atoms with Gasteiger partial charge in [0.15, 0.2) is 6.10 Å². The van der Waals surface area contributed by atoms with Crippen LogP contribution in [-0.4, -0.2) is 52.8 Å². The Morgan fingerprint density at radius 3 is 2.52 bits per heavy atom. The lowest BCUT2D eigenvalue weighted by atomic mass is 9.94. The molecule has 2 rings (SSSR count). The first kappa shape index (κ1) is 21.7. The fourth-order valence-electron chi connectivity index (χ4n) is 3.61. The minimum absolute atomic E-state index is 0.226. The van der Waals surface area contributed by atoms with E-state index in [0.717, 1.165) is 19.3 Å². The van der Waals surface area contributed by atoms with Gasteiger partial charge in [0, 0.05) is 20.4 Å². The van der Waals surface area contributed by atoms with Gasteiger partial charge in [0.1, 0.15) is 11.6 Å². The van der Waals surface area contributed by atoms with Crippen molar-refractivity contribution < 1.29 is 28.6 Å². The molecule has 0 spiro atoms. The standard InChI is InChI=1S/C20H33NO6/c1-7-8-10-13(15-18(24)27-20(5,6)25-15)16(22)21-12-9-11-14(21)17(23)26-19(2,3)4/h13-15H,7-12H2,1-6H3/t13-,14+,15+/m1/s1. The summed E-state index contributed by atoms with van der Waals surface area (Å²) in [6.45, 7) is 11.2. The van der Waals surface area contributed by atoms with Gasteiger partial charge in [-0.25, -0.2) is 9.59 Å². The summed E-state index contributed by atoms with van der Waals surface area (Å²) in [4.78, 5) is 39.7. The Labute approximate surface area is 161 Å². The van der Waals surface area contributed by atoms with Gasteiger partial charge < -0.3 is 19.1 Å². The van der Waals surface area contributed by atoms with Crippen molar-refractivity contribution >= 4 is 17.8 Å². The molecule has 3 atom stereocenters. The van der Waals surface area contributed by atoms with Crippen LogP contribution in [0.15, 0.2) is 0 Å². The minimum atomic E-state index is -1.04. The molecule has 0 aromatic rings. The fourth-order valence-corrected chi connectivity index (χ4v) is 3.61. The van der Waals surface area contributed by atoms with Gasteiger partial charge in [0.2, 0.25) is 11.7 Å². The third-order valence-electron chi connectivity index (χ3n) is 4.76. The first-order valence-corrected chi connectivity index (χ1v) is 9.89. The normalized spacial score (nSPS) is 26.0. The summed E-state index contributed by atoms with van der Waals surface area (Å²) in [6.07, 6.45) is 2.57. The van der Waals surface area contributed by atoms with Crippen molar-refractivity contribution in [1.82, 2.24) is 4.90 Å². The molecular weight excluding hydrogens is 350 g/mol. The number of unbranched alkanes of at least 4 members (excludes halogenated alkanes) is 1. The summed E-state index contributed by atoms with van der Waals surface area (Å²) < 4.78 is 16.5. The second-order valence-corrected chi connectivity index (χ2v) is 8.83. The maximum Gasteiger partial charge on any atom is 0.338 e. The molecule has 7 nitrogen and oxygen atoms in total. The van der Waals surface area contributed by atoms with Crippen LogP contribution in [0.4, 0.5) is 0 Å². The lowest BCUT2D eigenvalue weighted by molar-refractivity contribution is -0.168. The summed E-state index contributed by atoms with van der Waals surface area (Å²) in [6, 6.07) is -0.605. The second kappa shape index (κ2) is 8.17. The van der Waals surface area contributed by atoms with Crippen molar-refractivity contribution in [2.75, 3.05) is 6.54 Å². The largest absolute Gasteiger partial charge is 0.458 e. The van der Waals surface area contributed by atoms with E-state index in [0.29, 0.717) is 19.4 Å². The molecular formula is C20H33NO6. The Bertz CT molecular complexity index is 580. The molecule has 154 valence electrons. The van der Waals surface area contributed by atoms with Crippen LogP contribution in [-0.2, 0) is 28.6 Å². The van der Waals surface area contributed by atoms with E-state index in [9.17, 15) is 14.4 Å². The predicted octanol–water partition coefficient (Wildman–Crippen LogP) is 2.80. The molecule has 0 N–H and O–H groups in total. The third-order valence-corrected chi connectivity index (χ3v) is 4.76. The number of carbonyl (C=O) groups excluding carboxylic acids is 3. The quantitative estimate of drug-likeness (QED) is 0.656. The van der Waals surface area contributed by atoms with Crippen LogP contribution in [0, 0.1) is 5.92 Å². The lowest BCUT2D eigenvalue weighted by Crippen LogP contribution is -2.49. The topological polar surface area (TPSA) is 82.1 Å². The van der Waals surface area contributed by atoms with Crippen LogP contribution in [0.3, 0.4) is 0 Å². The number of likely N-dealkylation sites (tertiary alicyclic amines) is 1. The van der Waals surface area contributed by atoms with Gasteiger partial charge in [-0.3, -0.25) is 4.79 Å². The number of esters is 2. The summed E-state index contributed by atoms with van der Waals surface area (Å²) in [7, 11) is 0. The number of rotatable bonds is 6. The fraction of sp³-hybridized carbons (Fsp3) is 0.850. The van der Waals surface area contributed by atoms with Gasteiger partial charge in [0.05, 0.1) is 5.92 Å². The average Bonchev–Trinajstić information content (AvgIpc) is 3.10. The number of amides is 1. The highest BCUT2D eigenvalue weighted by Crippen LogP contribution is 2.33. The molecule has 2 heterocycles. The van der Waals surface area contributed by atoms with Crippen LogP contribution >= 0.6 is 0 Å². The second-order valence-electron chi connectivity index (χ2n) is 8.83. The summed E-state index contributed by atoms with van der Waals surface area (Å²) in [5, 5.41) is 0. The Hall–Kier alpha value is -1.63. The van der Waals surface area contributed by atoms with Gasteiger partial charge in [-0.2, -0.15) is 0 Å². The van der Waals surface area contributed by atoms with E-state index >= 15 is 0 Å². The summed E-state index contributed by atoms with van der Waals surface area (Å²) >= 11 is 0. The molecule has 0 radical (unpaired) electrons. The van der Waals surface area contributed by atoms with Crippen molar-refractivity contribution in [3.8, 4) is 0 Å². The maximum atomic E-state index is 13.3. The van der Waals surface area contributed by atoms with Crippen molar-refractivity contribution in [3.05, 3.63) is 0 Å². The van der Waals surface area contributed by atoms with Crippen LogP contribution in [0.5, 0.6) is 0 Å². The van der Waals surface area contributed by atoms with Gasteiger partial charge in [-0.15, -0.1) is 0 Å². The molecule has 2 aliphatic rings. The molecule has 0 aromatic heterocycles. The van der Waals surface area contributed by atoms with Crippen LogP contribution in [0.2, 0.25) is 0 Å². The van der Waals surface area contributed by atoms with Gasteiger partial charge >= 0.3 is 11.9 Å². The van der Waals surface area contributed by atoms with E-state index in [1.807, 2.05) is 6.92 Å². The predicted molar refractivity (Wildman–Crippen MR) is 98.6 cm³/mol. The van der Waals surface area contributed by atoms with Gasteiger partial charge in [0.25, 0.3) is 0 Å². The SMILES string of the molecule is CCCC[C@@H](C(=O)N1CCC[C@H]1C(=O)OC(C)(C)C)[C@@H]1OC(C)(C)OC1=O. The van der Waals surface area contributed by atoms with Crippen LogP contribution in [0.1, 0.15) is 73.6 Å². The number of ether oxygens (including phenoxy) is 3. The molecule has 0 saturated carbocycles. The number of carbonyl (C=O) groups is 3. The zero-order valence-electron chi connectivity index (χ0n) is 17.4. The Balaban J connectivity index is 2.18.